The third kappa shape index (κ3) is 6.40. The van der Waals surface area contributed by atoms with Crippen molar-refractivity contribution < 1.29 is 0 Å². The highest BCUT2D eigenvalue weighted by atomic mass is 15.1. The first-order chi connectivity index (χ1) is 27.5. The maximum Gasteiger partial charge on any atom is 0.0574 e. The van der Waals surface area contributed by atoms with E-state index in [4.69, 9.17) is 0 Å². The second-order valence-corrected chi connectivity index (χ2v) is 18.4. The third-order valence-corrected chi connectivity index (χ3v) is 14.7. The molecule has 3 fully saturated rings. The fourth-order valence-corrected chi connectivity index (χ4v) is 11.6. The van der Waals surface area contributed by atoms with E-state index in [-0.39, 0.29) is 5.41 Å². The van der Waals surface area contributed by atoms with Crippen LogP contribution in [0.3, 0.4) is 0 Å². The van der Waals surface area contributed by atoms with Gasteiger partial charge in [-0.2, -0.15) is 0 Å². The molecule has 0 saturated heterocycles. The molecule has 1 nitrogen and oxygen atoms in total. The molecule has 0 N–H and O–H groups in total. The van der Waals surface area contributed by atoms with Crippen molar-refractivity contribution in [2.24, 2.45) is 0 Å². The highest BCUT2D eigenvalue weighted by Crippen LogP contribution is 2.53. The van der Waals surface area contributed by atoms with Crippen molar-refractivity contribution in [3.8, 4) is 22.3 Å². The number of fused-ring (bicyclic) bond motifs is 4. The first-order valence-corrected chi connectivity index (χ1v) is 22.3. The van der Waals surface area contributed by atoms with Gasteiger partial charge in [-0.3, -0.25) is 0 Å². The fraction of sp³-hybridized carbons (Fsp3) is 0.382. The van der Waals surface area contributed by atoms with Crippen LogP contribution in [-0.4, -0.2) is 0 Å². The van der Waals surface area contributed by atoms with E-state index in [2.05, 4.69) is 140 Å². The van der Waals surface area contributed by atoms with E-state index in [1.807, 2.05) is 0 Å². The molecule has 4 aliphatic carbocycles. The number of anilines is 3. The van der Waals surface area contributed by atoms with Gasteiger partial charge in [-0.25, -0.2) is 0 Å². The Bertz CT molecular complexity index is 2340. The van der Waals surface area contributed by atoms with Gasteiger partial charge in [0.05, 0.1) is 5.69 Å². The van der Waals surface area contributed by atoms with Gasteiger partial charge in [-0.15, -0.1) is 0 Å². The molecule has 0 heterocycles. The SMILES string of the molecule is CC1(C)c2cc(C3CCCCC3)ccc2-c2ccc(N(c3ccc(-c4ccccc4C4CCCCC4)cc3)c3c(C4CCCCC4)ccc4ccccc34)cc21. The molecule has 0 aromatic heterocycles. The second-order valence-electron chi connectivity index (χ2n) is 18.4. The Morgan fingerprint density at radius 1 is 0.446 bits per heavy atom. The van der Waals surface area contributed by atoms with Crippen molar-refractivity contribution in [3.05, 3.63) is 149 Å². The minimum Gasteiger partial charge on any atom is -0.310 e. The van der Waals surface area contributed by atoms with Gasteiger partial charge in [0.15, 0.2) is 0 Å². The summed E-state index contributed by atoms with van der Waals surface area (Å²) >= 11 is 0. The summed E-state index contributed by atoms with van der Waals surface area (Å²) in [6.45, 7) is 4.95. The lowest BCUT2D eigenvalue weighted by molar-refractivity contribution is 0.443. The molecule has 0 bridgehead atoms. The lowest BCUT2D eigenvalue weighted by Crippen LogP contribution is -2.18. The Hall–Kier alpha value is -4.62. The summed E-state index contributed by atoms with van der Waals surface area (Å²) in [6, 6.07) is 47.9. The van der Waals surface area contributed by atoms with Crippen LogP contribution in [0.2, 0.25) is 0 Å². The van der Waals surface area contributed by atoms with Crippen molar-refractivity contribution in [2.45, 2.75) is 133 Å². The maximum absolute atomic E-state index is 2.65. The van der Waals surface area contributed by atoms with Crippen LogP contribution in [-0.2, 0) is 5.41 Å². The molecule has 56 heavy (non-hydrogen) atoms. The van der Waals surface area contributed by atoms with Crippen LogP contribution in [0.4, 0.5) is 17.1 Å². The minimum absolute atomic E-state index is 0.0747. The van der Waals surface area contributed by atoms with Gasteiger partial charge in [0, 0.05) is 22.2 Å². The molecular formula is C55H59N. The van der Waals surface area contributed by atoms with Crippen molar-refractivity contribution in [3.63, 3.8) is 0 Å². The molecule has 6 aromatic rings. The van der Waals surface area contributed by atoms with Gasteiger partial charge in [0.25, 0.3) is 0 Å². The van der Waals surface area contributed by atoms with E-state index >= 15 is 0 Å². The highest BCUT2D eigenvalue weighted by molar-refractivity contribution is 6.01. The number of rotatable bonds is 7. The molecule has 0 atom stereocenters. The molecule has 3 saturated carbocycles. The normalized spacial score (nSPS) is 18.8. The van der Waals surface area contributed by atoms with E-state index < -0.39 is 0 Å². The molecular weight excluding hydrogens is 675 g/mol. The number of nitrogens with zero attached hydrogens (tertiary/aromatic N) is 1. The monoisotopic (exact) mass is 733 g/mol. The van der Waals surface area contributed by atoms with Crippen LogP contribution in [0.1, 0.15) is 156 Å². The van der Waals surface area contributed by atoms with E-state index in [0.29, 0.717) is 17.8 Å². The Labute approximate surface area is 336 Å². The zero-order valence-corrected chi connectivity index (χ0v) is 33.8. The number of benzene rings is 6. The second kappa shape index (κ2) is 15.0. The van der Waals surface area contributed by atoms with Crippen LogP contribution in [0.25, 0.3) is 33.0 Å². The van der Waals surface area contributed by atoms with Gasteiger partial charge in [0.1, 0.15) is 0 Å². The Kier molecular flexibility index (Phi) is 9.61. The molecule has 10 rings (SSSR count). The molecule has 284 valence electrons. The largest absolute Gasteiger partial charge is 0.310 e. The third-order valence-electron chi connectivity index (χ3n) is 14.7. The maximum atomic E-state index is 2.65. The first kappa shape index (κ1) is 35.8. The zero-order chi connectivity index (χ0) is 37.6. The van der Waals surface area contributed by atoms with Crippen LogP contribution < -0.4 is 4.90 Å². The van der Waals surface area contributed by atoms with Crippen molar-refractivity contribution >= 4 is 27.8 Å². The minimum atomic E-state index is -0.0747. The predicted octanol–water partition coefficient (Wildman–Crippen LogP) is 16.4. The quantitative estimate of drug-likeness (QED) is 0.158. The average Bonchev–Trinajstić information content (AvgIpc) is 3.49. The van der Waals surface area contributed by atoms with E-state index in [0.717, 1.165) is 0 Å². The Balaban J connectivity index is 1.12. The van der Waals surface area contributed by atoms with E-state index in [1.165, 1.54) is 169 Å². The first-order valence-electron chi connectivity index (χ1n) is 22.3. The molecule has 4 aliphatic rings. The van der Waals surface area contributed by atoms with Gasteiger partial charge < -0.3 is 4.90 Å². The van der Waals surface area contributed by atoms with Gasteiger partial charge in [-0.05, 0) is 136 Å². The molecule has 0 radical (unpaired) electrons. The van der Waals surface area contributed by atoms with Gasteiger partial charge >= 0.3 is 0 Å². The lowest BCUT2D eigenvalue weighted by atomic mass is 9.78. The van der Waals surface area contributed by atoms with Gasteiger partial charge in [-0.1, -0.05) is 169 Å². The zero-order valence-electron chi connectivity index (χ0n) is 33.8. The van der Waals surface area contributed by atoms with Crippen molar-refractivity contribution in [1.82, 2.24) is 0 Å². The molecule has 1 heteroatoms. The molecule has 6 aromatic carbocycles. The summed E-state index contributed by atoms with van der Waals surface area (Å²) in [4.78, 5) is 2.65. The molecule has 0 spiro atoms. The number of hydrogen-bond donors (Lipinski definition) is 0. The number of hydrogen-bond acceptors (Lipinski definition) is 1. The fourth-order valence-electron chi connectivity index (χ4n) is 11.6. The standard InChI is InChI=1S/C55H59N/c1-55(2)52-36-43(38-16-6-3-7-17-38)29-34-50(52)51-35-32-45(37-53(51)55)56(54-48-25-13-12-22-41(48)28-33-49(54)40-20-10-5-11-21-40)44-30-26-42(27-31-44)47-24-15-14-23-46(47)39-18-8-4-9-19-39/h12-15,22-40H,3-11,16-21H2,1-2H3. The van der Waals surface area contributed by atoms with E-state index in [1.54, 1.807) is 5.56 Å². The molecule has 0 aliphatic heterocycles. The van der Waals surface area contributed by atoms with Crippen molar-refractivity contribution in [1.29, 1.82) is 0 Å². The summed E-state index contributed by atoms with van der Waals surface area (Å²) in [5.41, 5.74) is 17.0. The predicted molar refractivity (Wildman–Crippen MR) is 239 cm³/mol. The summed E-state index contributed by atoms with van der Waals surface area (Å²) in [7, 11) is 0. The lowest BCUT2D eigenvalue weighted by Gasteiger charge is -2.34. The van der Waals surface area contributed by atoms with E-state index in [9.17, 15) is 0 Å². The summed E-state index contributed by atoms with van der Waals surface area (Å²) in [6.07, 6.45) is 20.1. The van der Waals surface area contributed by atoms with Crippen LogP contribution >= 0.6 is 0 Å². The highest BCUT2D eigenvalue weighted by Gasteiger charge is 2.37. The smallest absolute Gasteiger partial charge is 0.0574 e. The van der Waals surface area contributed by atoms with Gasteiger partial charge in [0.2, 0.25) is 0 Å². The van der Waals surface area contributed by atoms with Crippen LogP contribution in [0.15, 0.2) is 121 Å². The molecule has 0 amide bonds. The Morgan fingerprint density at radius 3 is 1.73 bits per heavy atom. The Morgan fingerprint density at radius 2 is 1.02 bits per heavy atom. The average molecular weight is 734 g/mol. The summed E-state index contributed by atoms with van der Waals surface area (Å²) in [5.74, 6) is 1.95. The van der Waals surface area contributed by atoms with Crippen LogP contribution in [0.5, 0.6) is 0 Å². The van der Waals surface area contributed by atoms with Crippen molar-refractivity contribution in [2.75, 3.05) is 4.90 Å². The summed E-state index contributed by atoms with van der Waals surface area (Å²) < 4.78 is 0. The van der Waals surface area contributed by atoms with Crippen LogP contribution in [0, 0.1) is 0 Å². The topological polar surface area (TPSA) is 3.24 Å². The molecule has 0 unspecified atom stereocenters. The summed E-state index contributed by atoms with van der Waals surface area (Å²) in [5, 5.41) is 2.66.